The van der Waals surface area contributed by atoms with E-state index in [9.17, 15) is 8.42 Å². The van der Waals surface area contributed by atoms with Gasteiger partial charge in [-0.25, -0.2) is 23.5 Å². The number of rotatable bonds is 6. The average Bonchev–Trinajstić information content (AvgIpc) is 2.52. The third-order valence-corrected chi connectivity index (χ3v) is 5.20. The molecule has 7 heteroatoms. The Balaban J connectivity index is 2.34. The van der Waals surface area contributed by atoms with Crippen LogP contribution in [0.25, 0.3) is 0 Å². The van der Waals surface area contributed by atoms with Gasteiger partial charge in [0.05, 0.1) is 12.4 Å². The number of aryl methyl sites for hydroxylation is 1. The number of hydrogen-bond donors (Lipinski definition) is 1. The Kier molecular flexibility index (Phi) is 5.33. The summed E-state index contributed by atoms with van der Waals surface area (Å²) in [6, 6.07) is 7.47. The van der Waals surface area contributed by atoms with Crippen LogP contribution in [0.1, 0.15) is 29.8 Å². The van der Waals surface area contributed by atoms with Crippen LogP contribution in [0.5, 0.6) is 5.75 Å². The van der Waals surface area contributed by atoms with Crippen molar-refractivity contribution in [3.63, 3.8) is 0 Å². The third kappa shape index (κ3) is 4.49. The van der Waals surface area contributed by atoms with Crippen LogP contribution in [0, 0.1) is 6.92 Å². The molecule has 0 saturated carbocycles. The number of benzene rings is 1. The van der Waals surface area contributed by atoms with Gasteiger partial charge in [0.15, 0.2) is 0 Å². The predicted octanol–water partition coefficient (Wildman–Crippen LogP) is 1.80. The first-order valence-electron chi connectivity index (χ1n) is 7.24. The minimum absolute atomic E-state index is 0.418. The normalized spacial score (nSPS) is 14.3. The van der Waals surface area contributed by atoms with Crippen LogP contribution in [-0.4, -0.2) is 30.7 Å². The number of nitrogens with zero attached hydrogens (tertiary/aromatic N) is 2. The van der Waals surface area contributed by atoms with Crippen molar-refractivity contribution in [3.8, 4) is 5.75 Å². The molecule has 0 aliphatic rings. The summed E-state index contributed by atoms with van der Waals surface area (Å²) in [6.07, 6.45) is 3.84. The van der Waals surface area contributed by atoms with Crippen LogP contribution in [0.4, 0.5) is 0 Å². The summed E-state index contributed by atoms with van der Waals surface area (Å²) in [5.74, 6) is 0.809. The van der Waals surface area contributed by atoms with Crippen LogP contribution >= 0.6 is 0 Å². The monoisotopic (exact) mass is 335 g/mol. The number of methoxy groups -OCH3 is 1. The molecule has 23 heavy (non-hydrogen) atoms. The molecule has 1 aromatic heterocycles. The zero-order valence-corrected chi connectivity index (χ0v) is 14.2. The van der Waals surface area contributed by atoms with E-state index in [1.807, 2.05) is 31.2 Å². The predicted molar refractivity (Wildman–Crippen MR) is 88.8 cm³/mol. The van der Waals surface area contributed by atoms with Crippen molar-refractivity contribution < 1.29 is 13.2 Å². The fourth-order valence-corrected chi connectivity index (χ4v) is 2.98. The van der Waals surface area contributed by atoms with Crippen LogP contribution in [0.15, 0.2) is 36.7 Å². The molecule has 6 nitrogen and oxygen atoms in total. The largest absolute Gasteiger partial charge is 0.497 e. The SMILES string of the molecule is COc1ccc(CC(c2ncc(C)cn2)C(C)S(N)(=O)=O)cc1. The van der Waals surface area contributed by atoms with Crippen LogP contribution < -0.4 is 9.88 Å². The van der Waals surface area contributed by atoms with E-state index in [1.54, 1.807) is 26.4 Å². The smallest absolute Gasteiger partial charge is 0.212 e. The van der Waals surface area contributed by atoms with Crippen LogP contribution in [0.3, 0.4) is 0 Å². The molecule has 0 fully saturated rings. The van der Waals surface area contributed by atoms with Crippen molar-refractivity contribution in [1.29, 1.82) is 0 Å². The average molecular weight is 335 g/mol. The molecule has 1 aromatic carbocycles. The summed E-state index contributed by atoms with van der Waals surface area (Å²) in [6.45, 7) is 3.47. The van der Waals surface area contributed by atoms with Crippen molar-refractivity contribution in [3.05, 3.63) is 53.6 Å². The molecule has 0 spiro atoms. The van der Waals surface area contributed by atoms with Crippen molar-refractivity contribution in [1.82, 2.24) is 9.97 Å². The minimum atomic E-state index is -3.70. The number of nitrogens with two attached hydrogens (primary N) is 1. The number of sulfonamides is 1. The highest BCUT2D eigenvalue weighted by Gasteiger charge is 2.30. The summed E-state index contributed by atoms with van der Waals surface area (Å²) in [4.78, 5) is 8.57. The standard InChI is InChI=1S/C16H21N3O3S/c1-11-9-18-16(19-10-11)15(12(2)23(17,20)21)8-13-4-6-14(22-3)7-5-13/h4-7,9-10,12,15H,8H2,1-3H3,(H2,17,20,21). The second-order valence-electron chi connectivity index (χ2n) is 5.57. The number of ether oxygens (including phenoxy) is 1. The summed E-state index contributed by atoms with van der Waals surface area (Å²) in [7, 11) is -2.10. The van der Waals surface area contributed by atoms with Crippen molar-refractivity contribution in [2.24, 2.45) is 5.14 Å². The molecular weight excluding hydrogens is 314 g/mol. The van der Waals surface area contributed by atoms with Gasteiger partial charge in [-0.05, 0) is 43.5 Å². The zero-order valence-electron chi connectivity index (χ0n) is 13.4. The maximum Gasteiger partial charge on any atom is 0.212 e. The second-order valence-corrected chi connectivity index (χ2v) is 7.49. The molecule has 2 atom stereocenters. The van der Waals surface area contributed by atoms with E-state index in [-0.39, 0.29) is 0 Å². The summed E-state index contributed by atoms with van der Waals surface area (Å²) < 4.78 is 28.7. The molecule has 0 radical (unpaired) electrons. The number of primary sulfonamides is 1. The number of hydrogen-bond acceptors (Lipinski definition) is 5. The summed E-state index contributed by atoms with van der Waals surface area (Å²) >= 11 is 0. The maximum atomic E-state index is 11.8. The molecule has 0 saturated heterocycles. The van der Waals surface area contributed by atoms with Gasteiger partial charge in [0.2, 0.25) is 10.0 Å². The second kappa shape index (κ2) is 7.06. The first kappa shape index (κ1) is 17.4. The van der Waals surface area contributed by atoms with Gasteiger partial charge in [0, 0.05) is 18.3 Å². The van der Waals surface area contributed by atoms with Crippen molar-refractivity contribution >= 4 is 10.0 Å². The summed E-state index contributed by atoms with van der Waals surface area (Å²) in [5.41, 5.74) is 1.88. The number of aromatic nitrogens is 2. The third-order valence-electron chi connectivity index (χ3n) is 3.83. The highest BCUT2D eigenvalue weighted by Crippen LogP contribution is 2.26. The Labute approximate surface area is 136 Å². The van der Waals surface area contributed by atoms with E-state index in [0.717, 1.165) is 16.9 Å². The lowest BCUT2D eigenvalue weighted by molar-refractivity contribution is 0.414. The van der Waals surface area contributed by atoms with Gasteiger partial charge in [-0.3, -0.25) is 0 Å². The Morgan fingerprint density at radius 3 is 2.22 bits per heavy atom. The van der Waals surface area contributed by atoms with E-state index in [2.05, 4.69) is 9.97 Å². The van der Waals surface area contributed by atoms with Gasteiger partial charge in [0.1, 0.15) is 11.6 Å². The van der Waals surface area contributed by atoms with Crippen molar-refractivity contribution in [2.45, 2.75) is 31.4 Å². The van der Waals surface area contributed by atoms with Gasteiger partial charge in [-0.2, -0.15) is 0 Å². The summed E-state index contributed by atoms with van der Waals surface area (Å²) in [5, 5.41) is 4.56. The quantitative estimate of drug-likeness (QED) is 0.868. The first-order valence-corrected chi connectivity index (χ1v) is 8.85. The molecule has 0 aliphatic carbocycles. The minimum Gasteiger partial charge on any atom is -0.497 e. The molecule has 0 amide bonds. The molecular formula is C16H21N3O3S. The van der Waals surface area contributed by atoms with Gasteiger partial charge in [0.25, 0.3) is 0 Å². The van der Waals surface area contributed by atoms with Gasteiger partial charge in [-0.15, -0.1) is 0 Å². The lowest BCUT2D eigenvalue weighted by atomic mass is 9.95. The highest BCUT2D eigenvalue weighted by molar-refractivity contribution is 7.89. The highest BCUT2D eigenvalue weighted by atomic mass is 32.2. The molecule has 0 bridgehead atoms. The molecule has 124 valence electrons. The Morgan fingerprint density at radius 1 is 1.17 bits per heavy atom. The van der Waals surface area contributed by atoms with E-state index < -0.39 is 21.2 Å². The molecule has 2 N–H and O–H groups in total. The molecule has 2 rings (SSSR count). The lowest BCUT2D eigenvalue weighted by Gasteiger charge is -2.21. The molecule has 2 unspecified atom stereocenters. The van der Waals surface area contributed by atoms with Gasteiger partial charge in [-0.1, -0.05) is 12.1 Å². The topological polar surface area (TPSA) is 95.2 Å². The fourth-order valence-electron chi connectivity index (χ4n) is 2.31. The van der Waals surface area contributed by atoms with Gasteiger partial charge >= 0.3 is 0 Å². The Bertz CT molecular complexity index is 743. The van der Waals surface area contributed by atoms with Crippen LogP contribution in [-0.2, 0) is 16.4 Å². The maximum absolute atomic E-state index is 11.8. The Morgan fingerprint density at radius 2 is 1.74 bits per heavy atom. The van der Waals surface area contributed by atoms with Crippen molar-refractivity contribution in [2.75, 3.05) is 7.11 Å². The molecule has 2 aromatic rings. The van der Waals surface area contributed by atoms with E-state index in [4.69, 9.17) is 9.88 Å². The zero-order chi connectivity index (χ0) is 17.0. The van der Waals surface area contributed by atoms with E-state index >= 15 is 0 Å². The van der Waals surface area contributed by atoms with E-state index in [1.165, 1.54) is 0 Å². The molecule has 0 aliphatic heterocycles. The van der Waals surface area contributed by atoms with E-state index in [0.29, 0.717) is 12.2 Å². The Hall–Kier alpha value is -1.99. The molecule has 1 heterocycles. The van der Waals surface area contributed by atoms with Crippen LogP contribution in [0.2, 0.25) is 0 Å². The fraction of sp³-hybridized carbons (Fsp3) is 0.375. The lowest BCUT2D eigenvalue weighted by Crippen LogP contribution is -2.33. The van der Waals surface area contributed by atoms with Gasteiger partial charge < -0.3 is 4.74 Å². The first-order chi connectivity index (χ1) is 10.8.